The van der Waals surface area contributed by atoms with E-state index >= 15 is 0 Å². The Kier molecular flexibility index (Phi) is 5.77. The van der Waals surface area contributed by atoms with Crippen molar-refractivity contribution in [2.24, 2.45) is 5.92 Å². The Hall–Kier alpha value is -2.65. The molecule has 0 bridgehead atoms. The summed E-state index contributed by atoms with van der Waals surface area (Å²) in [5, 5.41) is 13.8. The summed E-state index contributed by atoms with van der Waals surface area (Å²) >= 11 is 3.19. The Bertz CT molecular complexity index is 1310. The predicted octanol–water partition coefficient (Wildman–Crippen LogP) is 4.77. The maximum atomic E-state index is 12.5. The summed E-state index contributed by atoms with van der Waals surface area (Å²) in [5.74, 6) is 2.48. The van der Waals surface area contributed by atoms with E-state index in [2.05, 4.69) is 29.4 Å². The maximum Gasteiger partial charge on any atom is 0.234 e. The highest BCUT2D eigenvalue weighted by molar-refractivity contribution is 7.99. The second-order valence-corrected chi connectivity index (χ2v) is 10.2. The number of ether oxygens (including phenoxy) is 1. The van der Waals surface area contributed by atoms with Crippen LogP contribution in [0.5, 0.6) is 5.75 Å². The van der Waals surface area contributed by atoms with Crippen molar-refractivity contribution >= 4 is 50.6 Å². The summed E-state index contributed by atoms with van der Waals surface area (Å²) < 4.78 is 7.26. The van der Waals surface area contributed by atoms with Gasteiger partial charge in [-0.05, 0) is 42.9 Å². The molecule has 3 heterocycles. The van der Waals surface area contributed by atoms with Crippen molar-refractivity contribution < 1.29 is 9.53 Å². The van der Waals surface area contributed by atoms with Crippen molar-refractivity contribution in [1.82, 2.24) is 19.6 Å². The van der Waals surface area contributed by atoms with Gasteiger partial charge < -0.3 is 10.1 Å². The number of hydrogen-bond acceptors (Lipinski definition) is 7. The molecule has 4 aromatic rings. The quantitative estimate of drug-likeness (QED) is 0.412. The molecule has 0 fully saturated rings. The lowest BCUT2D eigenvalue weighted by Gasteiger charge is -2.17. The molecule has 1 aliphatic carbocycles. The SMILES string of the molecule is CCc1nc2sc3c(c2c2nnc(SCC(=O)Nc4cccc(OC)c4)n12)CC[C@H](C)C3. The monoisotopic (exact) mass is 467 g/mol. The number of benzene rings is 1. The molecule has 9 heteroatoms. The molecule has 166 valence electrons. The molecule has 0 radical (unpaired) electrons. The fourth-order valence-corrected chi connectivity index (χ4v) is 6.38. The van der Waals surface area contributed by atoms with Gasteiger partial charge in [0.25, 0.3) is 0 Å². The third kappa shape index (κ3) is 3.84. The van der Waals surface area contributed by atoms with Gasteiger partial charge in [0.2, 0.25) is 5.91 Å². The molecule has 1 atom stereocenters. The third-order valence-corrected chi connectivity index (χ3v) is 7.92. The van der Waals surface area contributed by atoms with E-state index in [-0.39, 0.29) is 11.7 Å². The number of fused-ring (bicyclic) bond motifs is 5. The normalized spacial score (nSPS) is 15.8. The van der Waals surface area contributed by atoms with Crippen LogP contribution in [-0.4, -0.2) is 38.4 Å². The minimum atomic E-state index is -0.103. The molecule has 5 rings (SSSR count). The zero-order valence-electron chi connectivity index (χ0n) is 18.3. The van der Waals surface area contributed by atoms with Crippen LogP contribution in [-0.2, 0) is 24.1 Å². The highest BCUT2D eigenvalue weighted by Crippen LogP contribution is 2.39. The van der Waals surface area contributed by atoms with Gasteiger partial charge in [0, 0.05) is 23.1 Å². The van der Waals surface area contributed by atoms with Crippen LogP contribution in [0, 0.1) is 5.92 Å². The summed E-state index contributed by atoms with van der Waals surface area (Å²) in [7, 11) is 1.61. The highest BCUT2D eigenvalue weighted by Gasteiger charge is 2.25. The number of hydrogen-bond donors (Lipinski definition) is 1. The van der Waals surface area contributed by atoms with Crippen LogP contribution < -0.4 is 10.1 Å². The Labute approximate surface area is 194 Å². The van der Waals surface area contributed by atoms with Gasteiger partial charge in [0.15, 0.2) is 10.8 Å². The Morgan fingerprint density at radius 1 is 1.38 bits per heavy atom. The minimum absolute atomic E-state index is 0.103. The van der Waals surface area contributed by atoms with Crippen LogP contribution in [0.3, 0.4) is 0 Å². The standard InChI is InChI=1S/C23H25N5O2S2/c1-4-18-25-22-20(16-9-8-13(2)10-17(16)32-22)21-26-27-23(28(18)21)31-12-19(29)24-14-6-5-7-15(11-14)30-3/h5-7,11,13H,4,8-10,12H2,1-3H3,(H,24,29)/t13-/m0/s1. The summed E-state index contributed by atoms with van der Waals surface area (Å²) in [6.07, 6.45) is 4.15. The summed E-state index contributed by atoms with van der Waals surface area (Å²) in [6, 6.07) is 7.33. The molecular formula is C23H25N5O2S2. The van der Waals surface area contributed by atoms with Crippen LogP contribution >= 0.6 is 23.1 Å². The smallest absolute Gasteiger partial charge is 0.234 e. The van der Waals surface area contributed by atoms with Crippen LogP contribution in [0.2, 0.25) is 0 Å². The molecule has 1 N–H and O–H groups in total. The van der Waals surface area contributed by atoms with E-state index in [0.29, 0.717) is 22.5 Å². The van der Waals surface area contributed by atoms with Crippen molar-refractivity contribution in [3.8, 4) is 5.75 Å². The average Bonchev–Trinajstić information content (AvgIpc) is 3.37. The number of amides is 1. The van der Waals surface area contributed by atoms with Gasteiger partial charge >= 0.3 is 0 Å². The van der Waals surface area contributed by atoms with E-state index in [1.54, 1.807) is 24.5 Å². The van der Waals surface area contributed by atoms with Gasteiger partial charge in [0.05, 0.1) is 18.2 Å². The fraction of sp³-hybridized carbons (Fsp3) is 0.391. The van der Waals surface area contributed by atoms with E-state index in [4.69, 9.17) is 9.72 Å². The molecule has 0 spiro atoms. The zero-order chi connectivity index (χ0) is 22.2. The highest BCUT2D eigenvalue weighted by atomic mass is 32.2. The largest absolute Gasteiger partial charge is 0.497 e. The molecular weight excluding hydrogens is 442 g/mol. The molecule has 7 nitrogen and oxygen atoms in total. The molecule has 1 aromatic carbocycles. The zero-order valence-corrected chi connectivity index (χ0v) is 20.0. The van der Waals surface area contributed by atoms with E-state index < -0.39 is 0 Å². The summed E-state index contributed by atoms with van der Waals surface area (Å²) in [6.45, 7) is 4.41. The Balaban J connectivity index is 1.43. The van der Waals surface area contributed by atoms with E-state index in [9.17, 15) is 4.79 Å². The van der Waals surface area contributed by atoms with Gasteiger partial charge in [-0.25, -0.2) is 4.98 Å². The van der Waals surface area contributed by atoms with Crippen LogP contribution in [0.4, 0.5) is 5.69 Å². The van der Waals surface area contributed by atoms with Gasteiger partial charge in [-0.15, -0.1) is 21.5 Å². The molecule has 0 saturated carbocycles. The van der Waals surface area contributed by atoms with Crippen molar-refractivity contribution in [3.63, 3.8) is 0 Å². The number of thiophene rings is 1. The number of carbonyl (C=O) groups is 1. The first-order valence-electron chi connectivity index (χ1n) is 10.8. The lowest BCUT2D eigenvalue weighted by Crippen LogP contribution is -2.14. The molecule has 0 unspecified atom stereocenters. The summed E-state index contributed by atoms with van der Waals surface area (Å²) in [5.41, 5.74) is 2.97. The van der Waals surface area contributed by atoms with Crippen LogP contribution in [0.25, 0.3) is 15.9 Å². The van der Waals surface area contributed by atoms with E-state index in [1.165, 1.54) is 28.6 Å². The Morgan fingerprint density at radius 3 is 3.06 bits per heavy atom. The average molecular weight is 468 g/mol. The topological polar surface area (TPSA) is 81.4 Å². The second-order valence-electron chi connectivity index (χ2n) is 8.12. The number of aromatic nitrogens is 4. The van der Waals surface area contributed by atoms with Gasteiger partial charge in [-0.2, -0.15) is 0 Å². The lowest BCUT2D eigenvalue weighted by molar-refractivity contribution is -0.113. The minimum Gasteiger partial charge on any atom is -0.497 e. The lowest BCUT2D eigenvalue weighted by atomic mass is 9.89. The van der Waals surface area contributed by atoms with Crippen molar-refractivity contribution in [2.45, 2.75) is 44.7 Å². The molecule has 32 heavy (non-hydrogen) atoms. The first kappa shape index (κ1) is 21.2. The van der Waals surface area contributed by atoms with Gasteiger partial charge in [0.1, 0.15) is 16.4 Å². The molecule has 1 aliphatic rings. The second kappa shape index (κ2) is 8.71. The molecule has 0 saturated heterocycles. The number of anilines is 1. The number of methoxy groups -OCH3 is 1. The third-order valence-electron chi connectivity index (χ3n) is 5.84. The molecule has 1 amide bonds. The molecule has 3 aromatic heterocycles. The van der Waals surface area contributed by atoms with Gasteiger partial charge in [-0.3, -0.25) is 9.20 Å². The van der Waals surface area contributed by atoms with Crippen molar-refractivity contribution in [2.75, 3.05) is 18.2 Å². The number of rotatable bonds is 6. The fourth-order valence-electron chi connectivity index (χ4n) is 4.24. The number of nitrogens with one attached hydrogen (secondary N) is 1. The van der Waals surface area contributed by atoms with E-state index in [0.717, 1.165) is 41.0 Å². The molecule has 0 aliphatic heterocycles. The summed E-state index contributed by atoms with van der Waals surface area (Å²) in [4.78, 5) is 20.0. The van der Waals surface area contributed by atoms with Crippen molar-refractivity contribution in [3.05, 3.63) is 40.5 Å². The van der Waals surface area contributed by atoms with Crippen molar-refractivity contribution in [1.29, 1.82) is 0 Å². The first-order valence-corrected chi connectivity index (χ1v) is 12.6. The number of carbonyl (C=O) groups excluding carboxylic acids is 1. The Morgan fingerprint density at radius 2 is 2.25 bits per heavy atom. The number of aryl methyl sites for hydroxylation is 2. The van der Waals surface area contributed by atoms with Crippen LogP contribution in [0.15, 0.2) is 29.4 Å². The number of nitrogens with zero attached hydrogens (tertiary/aromatic N) is 4. The predicted molar refractivity (Wildman–Crippen MR) is 129 cm³/mol. The van der Waals surface area contributed by atoms with Crippen LogP contribution in [0.1, 0.15) is 36.5 Å². The van der Waals surface area contributed by atoms with Gasteiger partial charge in [-0.1, -0.05) is 31.7 Å². The van der Waals surface area contributed by atoms with E-state index in [1.807, 2.05) is 22.6 Å². The number of thioether (sulfide) groups is 1. The maximum absolute atomic E-state index is 12.5. The first-order chi connectivity index (χ1) is 15.6.